The summed E-state index contributed by atoms with van der Waals surface area (Å²) in [5.74, 6) is 1.45. The summed E-state index contributed by atoms with van der Waals surface area (Å²) in [5, 5.41) is 4.60. The molecule has 0 atom stereocenters. The van der Waals surface area contributed by atoms with Gasteiger partial charge in [-0.3, -0.25) is 0 Å². The highest BCUT2D eigenvalue weighted by atomic mass is 35.5. The van der Waals surface area contributed by atoms with E-state index in [-0.39, 0.29) is 12.4 Å². The summed E-state index contributed by atoms with van der Waals surface area (Å²) in [7, 11) is 0. The molecule has 0 heterocycles. The van der Waals surface area contributed by atoms with E-state index in [1.165, 1.54) is 0 Å². The van der Waals surface area contributed by atoms with Gasteiger partial charge in [0.15, 0.2) is 11.5 Å². The van der Waals surface area contributed by atoms with E-state index in [1.54, 1.807) is 12.1 Å². The zero-order chi connectivity index (χ0) is 17.5. The second-order valence-electron chi connectivity index (χ2n) is 5.77. The van der Waals surface area contributed by atoms with E-state index in [2.05, 4.69) is 19.2 Å². The molecule has 0 saturated carbocycles. The molecule has 6 heteroatoms. The zero-order valence-corrected chi connectivity index (χ0v) is 17.0. The first kappa shape index (κ1) is 21.9. The van der Waals surface area contributed by atoms with Crippen molar-refractivity contribution in [3.05, 3.63) is 57.6 Å². The highest BCUT2D eigenvalue weighted by Crippen LogP contribution is 2.30. The Morgan fingerprint density at radius 2 is 1.76 bits per heavy atom. The Bertz CT molecular complexity index is 678. The first-order valence-corrected chi connectivity index (χ1v) is 8.81. The molecule has 2 aromatic carbocycles. The van der Waals surface area contributed by atoms with Crippen molar-refractivity contribution >= 4 is 35.6 Å². The smallest absolute Gasteiger partial charge is 0.161 e. The maximum absolute atomic E-state index is 6.19. The van der Waals surface area contributed by atoms with Gasteiger partial charge in [0.05, 0.1) is 6.61 Å². The Hall–Kier alpha value is -1.13. The van der Waals surface area contributed by atoms with E-state index in [0.29, 0.717) is 35.1 Å². The van der Waals surface area contributed by atoms with E-state index in [9.17, 15) is 0 Å². The quantitative estimate of drug-likeness (QED) is 0.595. The van der Waals surface area contributed by atoms with Gasteiger partial charge in [0, 0.05) is 28.2 Å². The van der Waals surface area contributed by atoms with Gasteiger partial charge in [0.1, 0.15) is 6.61 Å². The van der Waals surface area contributed by atoms with Crippen LogP contribution in [0.1, 0.15) is 31.9 Å². The van der Waals surface area contributed by atoms with Gasteiger partial charge in [-0.2, -0.15) is 0 Å². The average molecular weight is 405 g/mol. The van der Waals surface area contributed by atoms with Crippen LogP contribution in [0.25, 0.3) is 0 Å². The molecule has 3 nitrogen and oxygen atoms in total. The Morgan fingerprint density at radius 1 is 1.00 bits per heavy atom. The van der Waals surface area contributed by atoms with E-state index < -0.39 is 0 Å². The Balaban J connectivity index is 0.00000312. The van der Waals surface area contributed by atoms with E-state index >= 15 is 0 Å². The number of hydrogen-bond acceptors (Lipinski definition) is 3. The molecule has 25 heavy (non-hydrogen) atoms. The van der Waals surface area contributed by atoms with Crippen LogP contribution in [0.15, 0.2) is 36.4 Å². The van der Waals surface area contributed by atoms with Crippen molar-refractivity contribution in [3.8, 4) is 11.5 Å². The van der Waals surface area contributed by atoms with Crippen LogP contribution in [0.4, 0.5) is 0 Å². The van der Waals surface area contributed by atoms with E-state index in [4.69, 9.17) is 32.7 Å². The molecule has 0 radical (unpaired) electrons. The second-order valence-corrected chi connectivity index (χ2v) is 6.62. The minimum Gasteiger partial charge on any atom is -0.490 e. The number of ether oxygens (including phenoxy) is 2. The number of benzene rings is 2. The van der Waals surface area contributed by atoms with Crippen LogP contribution in [-0.2, 0) is 13.2 Å². The minimum absolute atomic E-state index is 0. The normalized spacial score (nSPS) is 10.5. The third-order valence-corrected chi connectivity index (χ3v) is 4.01. The molecule has 1 N–H and O–H groups in total. The maximum Gasteiger partial charge on any atom is 0.161 e. The van der Waals surface area contributed by atoms with Gasteiger partial charge in [-0.15, -0.1) is 12.4 Å². The topological polar surface area (TPSA) is 30.5 Å². The summed E-state index contributed by atoms with van der Waals surface area (Å²) in [6, 6.07) is 11.8. The highest BCUT2D eigenvalue weighted by molar-refractivity contribution is 6.35. The maximum atomic E-state index is 6.19. The lowest BCUT2D eigenvalue weighted by atomic mass is 10.2. The van der Waals surface area contributed by atoms with Crippen molar-refractivity contribution in [1.82, 2.24) is 5.32 Å². The molecule has 138 valence electrons. The summed E-state index contributed by atoms with van der Waals surface area (Å²) >= 11 is 12.1. The summed E-state index contributed by atoms with van der Waals surface area (Å²) in [4.78, 5) is 0. The molecule has 0 aliphatic heterocycles. The van der Waals surface area contributed by atoms with Gasteiger partial charge in [0.25, 0.3) is 0 Å². The van der Waals surface area contributed by atoms with Crippen molar-refractivity contribution in [2.45, 2.75) is 40.0 Å². The number of hydrogen-bond donors (Lipinski definition) is 1. The van der Waals surface area contributed by atoms with Gasteiger partial charge < -0.3 is 14.8 Å². The van der Waals surface area contributed by atoms with Crippen LogP contribution < -0.4 is 14.8 Å². The van der Waals surface area contributed by atoms with Crippen LogP contribution in [0, 0.1) is 0 Å². The lowest BCUT2D eigenvalue weighted by Gasteiger charge is -2.15. The zero-order valence-electron chi connectivity index (χ0n) is 14.6. The lowest BCUT2D eigenvalue weighted by Crippen LogP contribution is -2.21. The fourth-order valence-corrected chi connectivity index (χ4v) is 2.63. The molecule has 0 bridgehead atoms. The molecule has 2 rings (SSSR count). The van der Waals surface area contributed by atoms with Gasteiger partial charge in [-0.1, -0.05) is 49.2 Å². The SMILES string of the molecule is CCOc1cc(CNC(C)C)ccc1OCc1ccc(Cl)cc1Cl.Cl. The standard InChI is InChI=1S/C19H23Cl2NO2.ClH/c1-4-23-19-9-14(11-22-13(2)3)5-8-18(19)24-12-15-6-7-16(20)10-17(15)21;/h5-10,13,22H,4,11-12H2,1-3H3;1H. The van der Waals surface area contributed by atoms with Gasteiger partial charge >= 0.3 is 0 Å². The summed E-state index contributed by atoms with van der Waals surface area (Å²) < 4.78 is 11.6. The summed E-state index contributed by atoms with van der Waals surface area (Å²) in [6.45, 7) is 7.94. The molecule has 0 unspecified atom stereocenters. The van der Waals surface area contributed by atoms with E-state index in [1.807, 2.05) is 31.2 Å². The number of halogens is 3. The molecule has 0 aliphatic carbocycles. The molecular weight excluding hydrogens is 381 g/mol. The van der Waals surface area contributed by atoms with Gasteiger partial charge in [0.2, 0.25) is 0 Å². The van der Waals surface area contributed by atoms with Crippen molar-refractivity contribution in [2.24, 2.45) is 0 Å². The van der Waals surface area contributed by atoms with Crippen molar-refractivity contribution in [3.63, 3.8) is 0 Å². The monoisotopic (exact) mass is 403 g/mol. The van der Waals surface area contributed by atoms with Crippen LogP contribution in [0.3, 0.4) is 0 Å². The molecule has 0 fully saturated rings. The van der Waals surface area contributed by atoms with Gasteiger partial charge in [-0.25, -0.2) is 0 Å². The molecule has 2 aromatic rings. The lowest BCUT2D eigenvalue weighted by molar-refractivity contribution is 0.269. The Labute approximate surface area is 166 Å². The minimum atomic E-state index is 0. The van der Waals surface area contributed by atoms with Crippen LogP contribution in [-0.4, -0.2) is 12.6 Å². The molecular formula is C19H24Cl3NO2. The fourth-order valence-electron chi connectivity index (χ4n) is 2.17. The third kappa shape index (κ3) is 6.95. The Morgan fingerprint density at radius 3 is 2.40 bits per heavy atom. The fraction of sp³-hybridized carbons (Fsp3) is 0.368. The molecule has 0 saturated heterocycles. The first-order valence-electron chi connectivity index (χ1n) is 8.05. The van der Waals surface area contributed by atoms with Crippen molar-refractivity contribution in [1.29, 1.82) is 0 Å². The summed E-state index contributed by atoms with van der Waals surface area (Å²) in [5.41, 5.74) is 2.04. The predicted molar refractivity (Wildman–Crippen MR) is 108 cm³/mol. The van der Waals surface area contributed by atoms with Crippen LogP contribution >= 0.6 is 35.6 Å². The van der Waals surface area contributed by atoms with E-state index in [0.717, 1.165) is 23.4 Å². The van der Waals surface area contributed by atoms with Crippen LogP contribution in [0.2, 0.25) is 10.0 Å². The first-order chi connectivity index (χ1) is 11.5. The Kier molecular flexibility index (Phi) is 9.44. The summed E-state index contributed by atoms with van der Waals surface area (Å²) in [6.07, 6.45) is 0. The molecule has 0 aliphatic rings. The predicted octanol–water partition coefficient (Wildman–Crippen LogP) is 5.89. The number of rotatable bonds is 8. The van der Waals surface area contributed by atoms with Crippen molar-refractivity contribution < 1.29 is 9.47 Å². The second kappa shape index (κ2) is 10.8. The number of nitrogens with one attached hydrogen (secondary N) is 1. The van der Waals surface area contributed by atoms with Gasteiger partial charge in [-0.05, 0) is 36.8 Å². The third-order valence-electron chi connectivity index (χ3n) is 3.42. The highest BCUT2D eigenvalue weighted by Gasteiger charge is 2.09. The molecule has 0 aromatic heterocycles. The largest absolute Gasteiger partial charge is 0.490 e. The molecule has 0 spiro atoms. The molecule has 0 amide bonds. The van der Waals surface area contributed by atoms with Crippen LogP contribution in [0.5, 0.6) is 11.5 Å². The average Bonchev–Trinajstić information content (AvgIpc) is 2.53. The van der Waals surface area contributed by atoms with Crippen molar-refractivity contribution in [2.75, 3.05) is 6.61 Å².